The highest BCUT2D eigenvalue weighted by molar-refractivity contribution is 5.45. The lowest BCUT2D eigenvalue weighted by Gasteiger charge is -2.30. The highest BCUT2D eigenvalue weighted by Gasteiger charge is 2.28. The van der Waals surface area contributed by atoms with Gasteiger partial charge >= 0.3 is 0 Å². The van der Waals surface area contributed by atoms with Crippen LogP contribution in [0.4, 0.5) is 5.69 Å². The highest BCUT2D eigenvalue weighted by atomic mass is 15.6. The summed E-state index contributed by atoms with van der Waals surface area (Å²) < 4.78 is 0.433. The van der Waals surface area contributed by atoms with Crippen LogP contribution in [0.1, 0.15) is 31.2 Å². The van der Waals surface area contributed by atoms with Crippen LogP contribution in [0.3, 0.4) is 0 Å². The summed E-state index contributed by atoms with van der Waals surface area (Å²) in [5.74, 6) is 6.39. The first-order chi connectivity index (χ1) is 7.74. The summed E-state index contributed by atoms with van der Waals surface area (Å²) >= 11 is 0. The van der Waals surface area contributed by atoms with Crippen LogP contribution in [0.2, 0.25) is 0 Å². The Morgan fingerprint density at radius 3 is 2.50 bits per heavy atom. The molecule has 16 heavy (non-hydrogen) atoms. The van der Waals surface area contributed by atoms with Crippen LogP contribution >= 0.6 is 0 Å². The number of nitrogens with zero attached hydrogens (tertiary/aromatic N) is 3. The molecule has 0 saturated carbocycles. The molecule has 2 heterocycles. The first-order valence-electron chi connectivity index (χ1n) is 5.76. The lowest BCUT2D eigenvalue weighted by atomic mass is 10.2. The highest BCUT2D eigenvalue weighted by Crippen LogP contribution is 2.23. The minimum absolute atomic E-state index is 0.433. The summed E-state index contributed by atoms with van der Waals surface area (Å²) in [6.45, 7) is 1.88. The number of quaternary nitrogens is 1. The van der Waals surface area contributed by atoms with Crippen molar-refractivity contribution in [3.63, 3.8) is 0 Å². The van der Waals surface area contributed by atoms with Crippen LogP contribution in [0.5, 0.6) is 0 Å². The Kier molecular flexibility index (Phi) is 3.18. The van der Waals surface area contributed by atoms with E-state index in [1.54, 1.807) is 12.4 Å². The topological polar surface area (TPSA) is 62.7 Å². The second-order valence-electron chi connectivity index (χ2n) is 4.44. The van der Waals surface area contributed by atoms with Crippen molar-refractivity contribution in [3.05, 3.63) is 24.0 Å². The van der Waals surface area contributed by atoms with E-state index < -0.39 is 0 Å². The standard InChI is InChI=1S/C12H17N4/c13-8-11-7-12(10-15-9-11)16(14)5-3-1-2-4-6-16/h7,9-10H,1-6,14H2/q+1. The molecule has 2 rings (SSSR count). The lowest BCUT2D eigenvalue weighted by Crippen LogP contribution is -2.56. The monoisotopic (exact) mass is 217 g/mol. The van der Waals surface area contributed by atoms with E-state index in [-0.39, 0.29) is 0 Å². The lowest BCUT2D eigenvalue weighted by molar-refractivity contribution is 0.291. The van der Waals surface area contributed by atoms with Crippen LogP contribution in [0, 0.1) is 11.3 Å². The van der Waals surface area contributed by atoms with E-state index in [0.717, 1.165) is 31.6 Å². The van der Waals surface area contributed by atoms with Crippen LogP contribution < -0.4 is 10.4 Å². The Morgan fingerprint density at radius 1 is 1.19 bits per heavy atom. The number of hydrogen-bond acceptors (Lipinski definition) is 3. The van der Waals surface area contributed by atoms with Gasteiger partial charge in [0.2, 0.25) is 0 Å². The predicted octanol–water partition coefficient (Wildman–Crippen LogP) is 1.71. The number of nitriles is 1. The molecule has 1 aromatic heterocycles. The summed E-state index contributed by atoms with van der Waals surface area (Å²) in [4.78, 5) is 4.09. The number of pyridine rings is 1. The van der Waals surface area contributed by atoms with Crippen molar-refractivity contribution in [2.45, 2.75) is 25.7 Å². The van der Waals surface area contributed by atoms with Gasteiger partial charge in [-0.2, -0.15) is 11.1 Å². The third-order valence-corrected chi connectivity index (χ3v) is 3.23. The van der Waals surface area contributed by atoms with Gasteiger partial charge in [0.25, 0.3) is 0 Å². The molecule has 0 amide bonds. The molecule has 0 radical (unpaired) electrons. The Balaban J connectivity index is 2.30. The molecule has 1 aliphatic rings. The van der Waals surface area contributed by atoms with Crippen molar-refractivity contribution in [1.82, 2.24) is 9.58 Å². The normalized spacial score (nSPS) is 19.8. The van der Waals surface area contributed by atoms with Crippen molar-refractivity contribution in [3.8, 4) is 6.07 Å². The van der Waals surface area contributed by atoms with Crippen LogP contribution in [-0.2, 0) is 0 Å². The molecule has 0 bridgehead atoms. The maximum atomic E-state index is 8.86. The van der Waals surface area contributed by atoms with E-state index in [0.29, 0.717) is 10.2 Å². The van der Waals surface area contributed by atoms with Crippen molar-refractivity contribution in [2.24, 2.45) is 5.84 Å². The van der Waals surface area contributed by atoms with Gasteiger partial charge in [0.1, 0.15) is 19.2 Å². The quantitative estimate of drug-likeness (QED) is 0.575. The van der Waals surface area contributed by atoms with Crippen molar-refractivity contribution >= 4 is 5.69 Å². The molecule has 1 saturated heterocycles. The van der Waals surface area contributed by atoms with Gasteiger partial charge in [-0.3, -0.25) is 4.98 Å². The third-order valence-electron chi connectivity index (χ3n) is 3.23. The van der Waals surface area contributed by atoms with Gasteiger partial charge in [0, 0.05) is 12.3 Å². The number of hydrogen-bond donors (Lipinski definition) is 1. The van der Waals surface area contributed by atoms with E-state index in [1.807, 2.05) is 6.07 Å². The zero-order valence-electron chi connectivity index (χ0n) is 9.39. The fourth-order valence-corrected chi connectivity index (χ4v) is 2.24. The number of aromatic nitrogens is 1. The summed E-state index contributed by atoms with van der Waals surface area (Å²) in [5.41, 5.74) is 1.55. The first kappa shape index (κ1) is 11.1. The second-order valence-corrected chi connectivity index (χ2v) is 4.44. The molecule has 2 N–H and O–H groups in total. The largest absolute Gasteiger partial charge is 0.257 e. The summed E-state index contributed by atoms with van der Waals surface area (Å²) in [6.07, 6.45) is 8.16. The summed E-state index contributed by atoms with van der Waals surface area (Å²) in [7, 11) is 0. The molecular weight excluding hydrogens is 200 g/mol. The number of rotatable bonds is 1. The van der Waals surface area contributed by atoms with Crippen LogP contribution in [-0.4, -0.2) is 18.1 Å². The Bertz CT molecular complexity index is 400. The zero-order valence-corrected chi connectivity index (χ0v) is 9.39. The third kappa shape index (κ3) is 2.21. The summed E-state index contributed by atoms with van der Waals surface area (Å²) in [6, 6.07) is 3.97. The molecule has 1 fully saturated rings. The fraction of sp³-hybridized carbons (Fsp3) is 0.500. The molecule has 0 atom stereocenters. The maximum absolute atomic E-state index is 8.86. The van der Waals surface area contributed by atoms with Crippen molar-refractivity contribution < 1.29 is 0 Å². The Labute approximate surface area is 95.9 Å². The van der Waals surface area contributed by atoms with E-state index in [9.17, 15) is 0 Å². The van der Waals surface area contributed by atoms with Gasteiger partial charge in [0.05, 0.1) is 11.8 Å². The van der Waals surface area contributed by atoms with Gasteiger partial charge in [0.15, 0.2) is 5.69 Å². The van der Waals surface area contributed by atoms with E-state index >= 15 is 0 Å². The molecule has 4 nitrogen and oxygen atoms in total. The van der Waals surface area contributed by atoms with Crippen molar-refractivity contribution in [2.75, 3.05) is 13.1 Å². The maximum Gasteiger partial charge on any atom is 0.171 e. The minimum Gasteiger partial charge on any atom is -0.257 e. The average Bonchev–Trinajstić information content (AvgIpc) is 2.55. The van der Waals surface area contributed by atoms with Gasteiger partial charge in [-0.05, 0) is 25.7 Å². The smallest absolute Gasteiger partial charge is 0.171 e. The van der Waals surface area contributed by atoms with Crippen LogP contribution in [0.25, 0.3) is 0 Å². The molecule has 84 valence electrons. The Hall–Kier alpha value is -1.44. The number of nitrogens with two attached hydrogens (primary N) is 1. The SMILES string of the molecule is N#Cc1cncc([N+]2(N)CCCCCC2)c1. The predicted molar refractivity (Wildman–Crippen MR) is 63.1 cm³/mol. The molecular formula is C12H17N4+. The van der Waals surface area contributed by atoms with Gasteiger partial charge in [-0.15, -0.1) is 0 Å². The molecule has 0 aromatic carbocycles. The van der Waals surface area contributed by atoms with Crippen LogP contribution in [0.15, 0.2) is 18.5 Å². The molecule has 0 spiro atoms. The first-order valence-corrected chi connectivity index (χ1v) is 5.76. The fourth-order valence-electron chi connectivity index (χ4n) is 2.24. The van der Waals surface area contributed by atoms with E-state index in [2.05, 4.69) is 11.1 Å². The molecule has 1 aliphatic heterocycles. The molecule has 0 aliphatic carbocycles. The van der Waals surface area contributed by atoms with Crippen molar-refractivity contribution in [1.29, 1.82) is 5.26 Å². The summed E-state index contributed by atoms with van der Waals surface area (Å²) in [5, 5.41) is 8.86. The van der Waals surface area contributed by atoms with E-state index in [4.69, 9.17) is 11.1 Å². The van der Waals surface area contributed by atoms with Gasteiger partial charge in [-0.1, -0.05) is 0 Å². The van der Waals surface area contributed by atoms with Gasteiger partial charge < -0.3 is 0 Å². The van der Waals surface area contributed by atoms with E-state index in [1.165, 1.54) is 12.8 Å². The minimum atomic E-state index is 0.433. The second kappa shape index (κ2) is 4.60. The average molecular weight is 217 g/mol. The molecule has 1 aromatic rings. The van der Waals surface area contributed by atoms with Gasteiger partial charge in [-0.25, -0.2) is 4.59 Å². The molecule has 4 heteroatoms. The molecule has 0 unspecified atom stereocenters. The Morgan fingerprint density at radius 2 is 1.88 bits per heavy atom. The zero-order chi connectivity index (χ0) is 11.4.